The summed E-state index contributed by atoms with van der Waals surface area (Å²) in [5, 5.41) is 6.75. The Bertz CT molecular complexity index is 894. The molecule has 2 aromatic carbocycles. The Morgan fingerprint density at radius 1 is 0.889 bits per heavy atom. The van der Waals surface area contributed by atoms with E-state index >= 15 is 0 Å². The van der Waals surface area contributed by atoms with E-state index in [4.69, 9.17) is 4.74 Å². The minimum atomic E-state index is 0.316. The van der Waals surface area contributed by atoms with Crippen LogP contribution in [0.3, 0.4) is 0 Å². The lowest BCUT2D eigenvalue weighted by Gasteiger charge is -2.23. The van der Waals surface area contributed by atoms with Crippen LogP contribution in [0.2, 0.25) is 0 Å². The molecule has 1 aliphatic heterocycles. The van der Waals surface area contributed by atoms with Gasteiger partial charge in [-0.15, -0.1) is 0 Å². The van der Waals surface area contributed by atoms with E-state index in [0.29, 0.717) is 23.8 Å². The molecule has 6 heteroatoms. The molecule has 0 unspecified atom stereocenters. The van der Waals surface area contributed by atoms with Crippen LogP contribution in [0.25, 0.3) is 11.4 Å². The molecule has 0 saturated carbocycles. The fourth-order valence-electron chi connectivity index (χ4n) is 3.09. The summed E-state index contributed by atoms with van der Waals surface area (Å²) in [6, 6.07) is 18.4. The third-order valence-electron chi connectivity index (χ3n) is 4.50. The van der Waals surface area contributed by atoms with Gasteiger partial charge in [0.05, 0.1) is 0 Å². The summed E-state index contributed by atoms with van der Waals surface area (Å²) in [7, 11) is 0. The number of rotatable bonds is 5. The van der Waals surface area contributed by atoms with Crippen molar-refractivity contribution in [3.63, 3.8) is 0 Å². The summed E-state index contributed by atoms with van der Waals surface area (Å²) in [6.45, 7) is 3.59. The molecule has 2 heterocycles. The molecule has 0 amide bonds. The van der Waals surface area contributed by atoms with Crippen LogP contribution >= 0.6 is 0 Å². The normalized spacial score (nSPS) is 14.7. The summed E-state index contributed by atoms with van der Waals surface area (Å²) in [4.78, 5) is 13.9. The van der Waals surface area contributed by atoms with Crippen molar-refractivity contribution in [1.82, 2.24) is 15.0 Å². The van der Waals surface area contributed by atoms with Gasteiger partial charge in [0.2, 0.25) is 11.9 Å². The van der Waals surface area contributed by atoms with E-state index in [9.17, 15) is 0 Å². The van der Waals surface area contributed by atoms with E-state index in [-0.39, 0.29) is 0 Å². The van der Waals surface area contributed by atoms with Gasteiger partial charge in [-0.2, -0.15) is 15.0 Å². The molecule has 0 spiro atoms. The first-order valence-corrected chi connectivity index (χ1v) is 9.26. The summed E-state index contributed by atoms with van der Waals surface area (Å²) >= 11 is 0. The molecular weight excluding hydrogens is 338 g/mol. The SMILES string of the molecule is Cc1cccc(Nc2nc(NC3CCOCC3)nc(-c3ccccc3)n2)c1. The minimum absolute atomic E-state index is 0.316. The van der Waals surface area contributed by atoms with Crippen molar-refractivity contribution in [2.45, 2.75) is 25.8 Å². The van der Waals surface area contributed by atoms with Crippen LogP contribution in [0.1, 0.15) is 18.4 Å². The molecule has 0 aliphatic carbocycles. The fourth-order valence-corrected chi connectivity index (χ4v) is 3.09. The molecule has 1 saturated heterocycles. The second kappa shape index (κ2) is 8.14. The summed E-state index contributed by atoms with van der Waals surface area (Å²) < 4.78 is 5.44. The van der Waals surface area contributed by atoms with Crippen LogP contribution in [0.4, 0.5) is 17.6 Å². The van der Waals surface area contributed by atoms with Gasteiger partial charge >= 0.3 is 0 Å². The van der Waals surface area contributed by atoms with Crippen molar-refractivity contribution in [3.8, 4) is 11.4 Å². The second-order valence-corrected chi connectivity index (χ2v) is 6.70. The Hall–Kier alpha value is -2.99. The predicted octanol–water partition coefficient (Wildman–Crippen LogP) is 4.18. The largest absolute Gasteiger partial charge is 0.381 e. The smallest absolute Gasteiger partial charge is 0.232 e. The number of hydrogen-bond acceptors (Lipinski definition) is 6. The Kier molecular flexibility index (Phi) is 5.25. The Morgan fingerprint density at radius 2 is 1.67 bits per heavy atom. The third kappa shape index (κ3) is 4.60. The lowest BCUT2D eigenvalue weighted by Crippen LogP contribution is -2.28. The van der Waals surface area contributed by atoms with E-state index in [2.05, 4.69) is 44.6 Å². The maximum atomic E-state index is 5.44. The molecule has 0 bridgehead atoms. The number of benzene rings is 2. The number of nitrogens with zero attached hydrogens (tertiary/aromatic N) is 3. The van der Waals surface area contributed by atoms with Crippen molar-refractivity contribution in [3.05, 3.63) is 60.2 Å². The van der Waals surface area contributed by atoms with E-state index in [1.54, 1.807) is 0 Å². The van der Waals surface area contributed by atoms with E-state index in [1.807, 2.05) is 42.5 Å². The predicted molar refractivity (Wildman–Crippen MR) is 107 cm³/mol. The van der Waals surface area contributed by atoms with Gasteiger partial charge < -0.3 is 15.4 Å². The summed E-state index contributed by atoms with van der Waals surface area (Å²) in [5.74, 6) is 1.77. The number of aromatic nitrogens is 3. The van der Waals surface area contributed by atoms with Crippen molar-refractivity contribution in [2.24, 2.45) is 0 Å². The van der Waals surface area contributed by atoms with Crippen LogP contribution in [0.15, 0.2) is 54.6 Å². The van der Waals surface area contributed by atoms with E-state index in [1.165, 1.54) is 5.56 Å². The van der Waals surface area contributed by atoms with Crippen LogP contribution < -0.4 is 10.6 Å². The topological polar surface area (TPSA) is 72.0 Å². The van der Waals surface area contributed by atoms with Crippen LogP contribution in [0, 0.1) is 6.92 Å². The van der Waals surface area contributed by atoms with Gasteiger partial charge in [0.25, 0.3) is 0 Å². The Morgan fingerprint density at radius 3 is 2.44 bits per heavy atom. The molecule has 2 N–H and O–H groups in total. The van der Waals surface area contributed by atoms with Gasteiger partial charge in [0, 0.05) is 30.5 Å². The molecule has 1 aromatic heterocycles. The monoisotopic (exact) mass is 361 g/mol. The van der Waals surface area contributed by atoms with Crippen molar-refractivity contribution in [1.29, 1.82) is 0 Å². The maximum absolute atomic E-state index is 5.44. The summed E-state index contributed by atoms with van der Waals surface area (Å²) in [6.07, 6.45) is 1.90. The molecule has 3 aromatic rings. The highest BCUT2D eigenvalue weighted by Crippen LogP contribution is 2.22. The van der Waals surface area contributed by atoms with Crippen molar-refractivity contribution >= 4 is 17.6 Å². The quantitative estimate of drug-likeness (QED) is 0.710. The third-order valence-corrected chi connectivity index (χ3v) is 4.50. The van der Waals surface area contributed by atoms with Gasteiger partial charge in [-0.1, -0.05) is 42.5 Å². The van der Waals surface area contributed by atoms with Gasteiger partial charge in [-0.25, -0.2) is 0 Å². The van der Waals surface area contributed by atoms with Crippen LogP contribution in [-0.2, 0) is 4.74 Å². The molecule has 1 fully saturated rings. The highest BCUT2D eigenvalue weighted by molar-refractivity contribution is 5.61. The second-order valence-electron chi connectivity index (χ2n) is 6.70. The number of ether oxygens (including phenoxy) is 1. The van der Waals surface area contributed by atoms with Crippen molar-refractivity contribution < 1.29 is 4.74 Å². The highest BCUT2D eigenvalue weighted by Gasteiger charge is 2.16. The summed E-state index contributed by atoms with van der Waals surface area (Å²) in [5.41, 5.74) is 3.09. The van der Waals surface area contributed by atoms with Gasteiger partial charge in [-0.05, 0) is 37.5 Å². The molecule has 138 valence electrons. The minimum Gasteiger partial charge on any atom is -0.381 e. The van der Waals surface area contributed by atoms with E-state index in [0.717, 1.165) is 37.3 Å². The fraction of sp³-hybridized carbons (Fsp3) is 0.286. The lowest BCUT2D eigenvalue weighted by atomic mass is 10.1. The van der Waals surface area contributed by atoms with Crippen LogP contribution in [0.5, 0.6) is 0 Å². The van der Waals surface area contributed by atoms with Crippen LogP contribution in [-0.4, -0.2) is 34.2 Å². The molecule has 4 rings (SSSR count). The first-order valence-electron chi connectivity index (χ1n) is 9.26. The van der Waals surface area contributed by atoms with Gasteiger partial charge in [0.1, 0.15) is 0 Å². The van der Waals surface area contributed by atoms with E-state index < -0.39 is 0 Å². The number of nitrogens with one attached hydrogen (secondary N) is 2. The average Bonchev–Trinajstić information content (AvgIpc) is 2.69. The number of aryl methyl sites for hydroxylation is 1. The standard InChI is InChI=1S/C21H23N5O/c1-15-6-5-9-18(14-15)23-21-25-19(16-7-3-2-4-8-16)24-20(26-21)22-17-10-12-27-13-11-17/h2-9,14,17H,10-13H2,1H3,(H2,22,23,24,25,26). The molecule has 27 heavy (non-hydrogen) atoms. The molecule has 0 atom stereocenters. The Balaban J connectivity index is 1.65. The highest BCUT2D eigenvalue weighted by atomic mass is 16.5. The number of anilines is 3. The zero-order valence-corrected chi connectivity index (χ0v) is 15.4. The first kappa shape index (κ1) is 17.4. The average molecular weight is 361 g/mol. The zero-order valence-electron chi connectivity index (χ0n) is 15.4. The van der Waals surface area contributed by atoms with Gasteiger partial charge in [0.15, 0.2) is 5.82 Å². The maximum Gasteiger partial charge on any atom is 0.232 e. The lowest BCUT2D eigenvalue weighted by molar-refractivity contribution is 0.0903. The molecule has 0 radical (unpaired) electrons. The molecule has 6 nitrogen and oxygen atoms in total. The molecular formula is C21H23N5O. The number of hydrogen-bond donors (Lipinski definition) is 2. The van der Waals surface area contributed by atoms with Crippen molar-refractivity contribution in [2.75, 3.05) is 23.8 Å². The Labute approximate surface area is 159 Å². The van der Waals surface area contributed by atoms with Gasteiger partial charge in [-0.3, -0.25) is 0 Å². The first-order chi connectivity index (χ1) is 13.3. The zero-order chi connectivity index (χ0) is 18.5. The molecule has 1 aliphatic rings.